The van der Waals surface area contributed by atoms with E-state index in [1.54, 1.807) is 11.3 Å². The van der Waals surface area contributed by atoms with Gasteiger partial charge in [-0.3, -0.25) is 9.30 Å². The van der Waals surface area contributed by atoms with E-state index in [1.165, 1.54) is 0 Å². The number of rotatable bonds is 7. The Bertz CT molecular complexity index is 546. The lowest BCUT2D eigenvalue weighted by Crippen LogP contribution is -2.31. The SMILES string of the molecule is CC(C)CN(CC/C(N)=N/O)Cc1cn2ccsc2n1. The average molecular weight is 295 g/mol. The van der Waals surface area contributed by atoms with E-state index in [0.29, 0.717) is 12.3 Å². The van der Waals surface area contributed by atoms with Crippen LogP contribution in [0, 0.1) is 5.92 Å². The van der Waals surface area contributed by atoms with E-state index >= 15 is 0 Å². The maximum Gasteiger partial charge on any atom is 0.193 e. The third-order valence-corrected chi connectivity index (χ3v) is 3.74. The lowest BCUT2D eigenvalue weighted by molar-refractivity contribution is 0.238. The van der Waals surface area contributed by atoms with Crippen molar-refractivity contribution in [2.45, 2.75) is 26.8 Å². The molecule has 2 aromatic rings. The summed E-state index contributed by atoms with van der Waals surface area (Å²) in [5.74, 6) is 0.829. The molecule has 0 spiro atoms. The molecule has 7 heteroatoms. The summed E-state index contributed by atoms with van der Waals surface area (Å²) in [7, 11) is 0. The first-order chi connectivity index (χ1) is 9.58. The normalized spacial score (nSPS) is 12.9. The van der Waals surface area contributed by atoms with E-state index in [0.717, 1.165) is 30.3 Å². The van der Waals surface area contributed by atoms with Crippen LogP contribution in [0.1, 0.15) is 26.0 Å². The first-order valence-electron chi connectivity index (χ1n) is 6.68. The van der Waals surface area contributed by atoms with Crippen molar-refractivity contribution < 1.29 is 5.21 Å². The van der Waals surface area contributed by atoms with Crippen molar-refractivity contribution in [2.75, 3.05) is 13.1 Å². The Morgan fingerprint density at radius 2 is 2.40 bits per heavy atom. The van der Waals surface area contributed by atoms with Crippen molar-refractivity contribution in [3.63, 3.8) is 0 Å². The molecule has 0 amide bonds. The van der Waals surface area contributed by atoms with Gasteiger partial charge in [-0.05, 0) is 5.92 Å². The predicted octanol–water partition coefficient (Wildman–Crippen LogP) is 1.99. The summed E-state index contributed by atoms with van der Waals surface area (Å²) >= 11 is 1.63. The van der Waals surface area contributed by atoms with E-state index in [9.17, 15) is 0 Å². The molecular weight excluding hydrogens is 274 g/mol. The molecule has 6 nitrogen and oxygen atoms in total. The second kappa shape index (κ2) is 6.71. The average Bonchev–Trinajstić information content (AvgIpc) is 2.95. The second-order valence-electron chi connectivity index (χ2n) is 5.30. The Labute approximate surface area is 122 Å². The number of amidine groups is 1. The van der Waals surface area contributed by atoms with Gasteiger partial charge in [-0.15, -0.1) is 11.3 Å². The Kier molecular flexibility index (Phi) is 4.97. The molecule has 3 N–H and O–H groups in total. The summed E-state index contributed by atoms with van der Waals surface area (Å²) in [5, 5.41) is 13.7. The van der Waals surface area contributed by atoms with Crippen molar-refractivity contribution in [3.05, 3.63) is 23.5 Å². The van der Waals surface area contributed by atoms with Crippen molar-refractivity contribution in [1.82, 2.24) is 14.3 Å². The van der Waals surface area contributed by atoms with Crippen molar-refractivity contribution >= 4 is 22.1 Å². The summed E-state index contributed by atoms with van der Waals surface area (Å²) in [6, 6.07) is 0. The van der Waals surface area contributed by atoms with Crippen LogP contribution in [0.15, 0.2) is 22.9 Å². The van der Waals surface area contributed by atoms with E-state index in [-0.39, 0.29) is 5.84 Å². The number of oxime groups is 1. The number of nitrogens with two attached hydrogens (primary N) is 1. The number of nitrogens with zero attached hydrogens (tertiary/aromatic N) is 4. The zero-order valence-corrected chi connectivity index (χ0v) is 12.7. The predicted molar refractivity (Wildman–Crippen MR) is 81.2 cm³/mol. The van der Waals surface area contributed by atoms with Gasteiger partial charge in [-0.1, -0.05) is 19.0 Å². The van der Waals surface area contributed by atoms with Gasteiger partial charge in [0.05, 0.1) is 5.69 Å². The number of thiazole rings is 1. The highest BCUT2D eigenvalue weighted by Crippen LogP contribution is 2.13. The summed E-state index contributed by atoms with van der Waals surface area (Å²) in [6.45, 7) is 6.87. The molecule has 0 saturated carbocycles. The first-order valence-corrected chi connectivity index (χ1v) is 7.56. The third-order valence-electron chi connectivity index (χ3n) is 2.96. The molecule has 0 aliphatic carbocycles. The molecule has 110 valence electrons. The fraction of sp³-hybridized carbons (Fsp3) is 0.538. The third kappa shape index (κ3) is 3.94. The molecule has 20 heavy (non-hydrogen) atoms. The molecule has 0 saturated heterocycles. The maximum absolute atomic E-state index is 8.62. The zero-order valence-electron chi connectivity index (χ0n) is 11.9. The quantitative estimate of drug-likeness (QED) is 0.354. The molecule has 0 radical (unpaired) electrons. The lowest BCUT2D eigenvalue weighted by Gasteiger charge is -2.23. The van der Waals surface area contributed by atoms with Gasteiger partial charge < -0.3 is 10.9 Å². The topological polar surface area (TPSA) is 79.1 Å². The van der Waals surface area contributed by atoms with Crippen LogP contribution in [-0.2, 0) is 6.54 Å². The minimum absolute atomic E-state index is 0.268. The minimum Gasteiger partial charge on any atom is -0.409 e. The van der Waals surface area contributed by atoms with Gasteiger partial charge in [-0.2, -0.15) is 0 Å². The number of hydrogen-bond donors (Lipinski definition) is 2. The number of hydrogen-bond acceptors (Lipinski definition) is 5. The molecule has 2 rings (SSSR count). The Morgan fingerprint density at radius 1 is 1.60 bits per heavy atom. The molecule has 0 bridgehead atoms. The Morgan fingerprint density at radius 3 is 3.05 bits per heavy atom. The van der Waals surface area contributed by atoms with Gasteiger partial charge >= 0.3 is 0 Å². The van der Waals surface area contributed by atoms with Crippen LogP contribution in [0.5, 0.6) is 0 Å². The van der Waals surface area contributed by atoms with Gasteiger partial charge in [0.2, 0.25) is 0 Å². The zero-order chi connectivity index (χ0) is 14.5. The number of aromatic nitrogens is 2. The molecule has 0 aliphatic rings. The molecule has 0 aliphatic heterocycles. The van der Waals surface area contributed by atoms with Crippen LogP contribution in [-0.4, -0.2) is 38.4 Å². The largest absolute Gasteiger partial charge is 0.409 e. The van der Waals surface area contributed by atoms with E-state index < -0.39 is 0 Å². The van der Waals surface area contributed by atoms with Gasteiger partial charge in [0.15, 0.2) is 4.96 Å². The molecular formula is C13H21N5OS. The fourth-order valence-corrected chi connectivity index (χ4v) is 2.87. The summed E-state index contributed by atoms with van der Waals surface area (Å²) in [5.41, 5.74) is 6.60. The van der Waals surface area contributed by atoms with Crippen LogP contribution in [0.25, 0.3) is 4.96 Å². The van der Waals surface area contributed by atoms with E-state index in [2.05, 4.69) is 35.1 Å². The highest BCUT2D eigenvalue weighted by molar-refractivity contribution is 7.15. The molecule has 0 fully saturated rings. The van der Waals surface area contributed by atoms with Gasteiger partial charge in [0.1, 0.15) is 5.84 Å². The molecule has 0 atom stereocenters. The van der Waals surface area contributed by atoms with Gasteiger partial charge in [0, 0.05) is 43.8 Å². The van der Waals surface area contributed by atoms with Crippen molar-refractivity contribution in [1.29, 1.82) is 0 Å². The molecule has 2 aromatic heterocycles. The van der Waals surface area contributed by atoms with Crippen LogP contribution in [0.3, 0.4) is 0 Å². The minimum atomic E-state index is 0.268. The summed E-state index contributed by atoms with van der Waals surface area (Å²) in [4.78, 5) is 7.90. The fourth-order valence-electron chi connectivity index (χ4n) is 2.16. The second-order valence-corrected chi connectivity index (χ2v) is 6.17. The van der Waals surface area contributed by atoms with Crippen molar-refractivity contribution in [3.8, 4) is 0 Å². The van der Waals surface area contributed by atoms with Crippen molar-refractivity contribution in [2.24, 2.45) is 16.8 Å². The van der Waals surface area contributed by atoms with E-state index in [1.807, 2.05) is 16.0 Å². The molecule has 0 aromatic carbocycles. The Balaban J connectivity index is 2.00. The van der Waals surface area contributed by atoms with Crippen LogP contribution < -0.4 is 5.73 Å². The highest BCUT2D eigenvalue weighted by atomic mass is 32.1. The number of imidazole rings is 1. The molecule has 0 unspecified atom stereocenters. The van der Waals surface area contributed by atoms with Gasteiger partial charge in [-0.25, -0.2) is 4.98 Å². The Hall–Kier alpha value is -1.60. The number of fused-ring (bicyclic) bond motifs is 1. The van der Waals surface area contributed by atoms with Crippen LogP contribution in [0.2, 0.25) is 0 Å². The molecule has 2 heterocycles. The highest BCUT2D eigenvalue weighted by Gasteiger charge is 2.12. The lowest BCUT2D eigenvalue weighted by atomic mass is 10.2. The first kappa shape index (κ1) is 14.8. The van der Waals surface area contributed by atoms with Gasteiger partial charge in [0.25, 0.3) is 0 Å². The van der Waals surface area contributed by atoms with Crippen LogP contribution in [0.4, 0.5) is 0 Å². The summed E-state index contributed by atoms with van der Waals surface area (Å²) < 4.78 is 2.04. The maximum atomic E-state index is 8.62. The smallest absolute Gasteiger partial charge is 0.193 e. The standard InChI is InChI=1S/C13H21N5OS/c1-10(2)7-17(4-3-12(14)16-19)8-11-9-18-5-6-20-13(18)15-11/h5-6,9-10,19H,3-4,7-8H2,1-2H3,(H2,14,16). The van der Waals surface area contributed by atoms with Crippen LogP contribution >= 0.6 is 11.3 Å². The van der Waals surface area contributed by atoms with E-state index in [4.69, 9.17) is 10.9 Å². The monoisotopic (exact) mass is 295 g/mol. The summed E-state index contributed by atoms with van der Waals surface area (Å²) in [6.07, 6.45) is 4.63.